The van der Waals surface area contributed by atoms with Crippen molar-refractivity contribution in [3.8, 4) is 0 Å². The second-order valence-electron chi connectivity index (χ2n) is 4.11. The molecule has 1 aromatic carbocycles. The fourth-order valence-electron chi connectivity index (χ4n) is 1.78. The largest absolute Gasteiger partial charge is 0.350 e. The summed E-state index contributed by atoms with van der Waals surface area (Å²) in [6, 6.07) is 5.08. The van der Waals surface area contributed by atoms with E-state index in [2.05, 4.69) is 26.6 Å². The molecule has 1 aliphatic heterocycles. The van der Waals surface area contributed by atoms with Gasteiger partial charge in [-0.3, -0.25) is 9.59 Å². The maximum Gasteiger partial charge on any atom is 0.242 e. The SMILES string of the molecule is O=C1CC[C@@H](C(=O)NCc2ccc(Br)cc2Cl)N1. The molecule has 0 saturated carbocycles. The van der Waals surface area contributed by atoms with E-state index in [1.807, 2.05) is 12.1 Å². The minimum Gasteiger partial charge on any atom is -0.350 e. The van der Waals surface area contributed by atoms with Crippen LogP contribution in [0.5, 0.6) is 0 Å². The number of nitrogens with one attached hydrogen (secondary N) is 2. The Balaban J connectivity index is 1.91. The van der Waals surface area contributed by atoms with Gasteiger partial charge in [-0.1, -0.05) is 33.6 Å². The van der Waals surface area contributed by atoms with E-state index in [1.165, 1.54) is 0 Å². The number of benzene rings is 1. The van der Waals surface area contributed by atoms with Crippen molar-refractivity contribution in [2.24, 2.45) is 0 Å². The summed E-state index contributed by atoms with van der Waals surface area (Å²) in [6.07, 6.45) is 0.968. The summed E-state index contributed by atoms with van der Waals surface area (Å²) in [6.45, 7) is 0.358. The van der Waals surface area contributed by atoms with Crippen molar-refractivity contribution in [3.05, 3.63) is 33.3 Å². The summed E-state index contributed by atoms with van der Waals surface area (Å²) in [5.41, 5.74) is 0.845. The van der Waals surface area contributed by atoms with Crippen LogP contribution >= 0.6 is 27.5 Å². The van der Waals surface area contributed by atoms with Crippen molar-refractivity contribution in [1.29, 1.82) is 0 Å². The van der Waals surface area contributed by atoms with Gasteiger partial charge in [-0.05, 0) is 24.1 Å². The number of hydrogen-bond acceptors (Lipinski definition) is 2. The van der Waals surface area contributed by atoms with Crippen LogP contribution in [0.3, 0.4) is 0 Å². The molecule has 2 amide bonds. The molecule has 0 radical (unpaired) electrons. The minimum absolute atomic E-state index is 0.0724. The van der Waals surface area contributed by atoms with Crippen LogP contribution in [0.2, 0.25) is 5.02 Å². The standard InChI is InChI=1S/C12H12BrClN2O2/c13-8-2-1-7(9(14)5-8)6-15-12(18)10-3-4-11(17)16-10/h1-2,5,10H,3-4,6H2,(H,15,18)(H,16,17)/t10-/m0/s1. The van der Waals surface area contributed by atoms with Gasteiger partial charge in [0.2, 0.25) is 11.8 Å². The normalized spacial score (nSPS) is 18.6. The monoisotopic (exact) mass is 330 g/mol. The molecule has 6 heteroatoms. The van der Waals surface area contributed by atoms with Crippen molar-refractivity contribution < 1.29 is 9.59 Å². The lowest BCUT2D eigenvalue weighted by molar-refractivity contribution is -0.125. The fraction of sp³-hybridized carbons (Fsp3) is 0.333. The number of hydrogen-bond donors (Lipinski definition) is 2. The molecule has 1 fully saturated rings. The molecule has 1 heterocycles. The number of carbonyl (C=O) groups excluding carboxylic acids is 2. The predicted molar refractivity (Wildman–Crippen MR) is 72.2 cm³/mol. The van der Waals surface area contributed by atoms with E-state index in [1.54, 1.807) is 6.07 Å². The smallest absolute Gasteiger partial charge is 0.242 e. The molecule has 2 rings (SSSR count). The second-order valence-corrected chi connectivity index (χ2v) is 5.44. The van der Waals surface area contributed by atoms with E-state index in [9.17, 15) is 9.59 Å². The summed E-state index contributed by atoms with van der Waals surface area (Å²) in [4.78, 5) is 22.8. The Morgan fingerprint density at radius 1 is 1.56 bits per heavy atom. The summed E-state index contributed by atoms with van der Waals surface area (Å²) >= 11 is 9.36. The van der Waals surface area contributed by atoms with Gasteiger partial charge >= 0.3 is 0 Å². The molecule has 0 bridgehead atoms. The fourth-order valence-corrected chi connectivity index (χ4v) is 2.52. The number of carbonyl (C=O) groups is 2. The topological polar surface area (TPSA) is 58.2 Å². The van der Waals surface area contributed by atoms with Crippen LogP contribution < -0.4 is 10.6 Å². The lowest BCUT2D eigenvalue weighted by Crippen LogP contribution is -2.41. The first kappa shape index (κ1) is 13.4. The van der Waals surface area contributed by atoms with E-state index < -0.39 is 6.04 Å². The molecule has 1 aliphatic rings. The van der Waals surface area contributed by atoms with E-state index in [4.69, 9.17) is 11.6 Å². The van der Waals surface area contributed by atoms with Crippen LogP contribution in [0.1, 0.15) is 18.4 Å². The Labute approximate surface area is 118 Å². The Bertz CT molecular complexity index is 493. The molecule has 96 valence electrons. The molecule has 0 spiro atoms. The highest BCUT2D eigenvalue weighted by atomic mass is 79.9. The van der Waals surface area contributed by atoms with E-state index in [-0.39, 0.29) is 11.8 Å². The molecule has 1 atom stereocenters. The van der Waals surface area contributed by atoms with Crippen LogP contribution in [-0.2, 0) is 16.1 Å². The third-order valence-electron chi connectivity index (χ3n) is 2.78. The summed E-state index contributed by atoms with van der Waals surface area (Å²) in [5.74, 6) is -0.239. The third kappa shape index (κ3) is 3.23. The molecular weight excluding hydrogens is 320 g/mol. The lowest BCUT2D eigenvalue weighted by Gasteiger charge is -2.11. The zero-order valence-electron chi connectivity index (χ0n) is 9.50. The third-order valence-corrected chi connectivity index (χ3v) is 3.63. The van der Waals surface area contributed by atoms with Gasteiger partial charge in [0.25, 0.3) is 0 Å². The second kappa shape index (κ2) is 5.71. The maximum atomic E-state index is 11.8. The zero-order chi connectivity index (χ0) is 13.1. The van der Waals surface area contributed by atoms with E-state index >= 15 is 0 Å². The Hall–Kier alpha value is -1.07. The first-order chi connectivity index (χ1) is 8.56. The van der Waals surface area contributed by atoms with Crippen molar-refractivity contribution >= 4 is 39.3 Å². The molecule has 2 N–H and O–H groups in total. The number of amides is 2. The summed E-state index contributed by atoms with van der Waals surface area (Å²) in [7, 11) is 0. The summed E-state index contributed by atoms with van der Waals surface area (Å²) in [5, 5.41) is 5.99. The molecule has 1 aromatic rings. The zero-order valence-corrected chi connectivity index (χ0v) is 11.8. The van der Waals surface area contributed by atoms with Crippen molar-refractivity contribution in [3.63, 3.8) is 0 Å². The molecule has 4 nitrogen and oxygen atoms in total. The molecule has 0 unspecified atom stereocenters. The van der Waals surface area contributed by atoms with Gasteiger partial charge in [-0.15, -0.1) is 0 Å². The Morgan fingerprint density at radius 3 is 2.94 bits per heavy atom. The lowest BCUT2D eigenvalue weighted by atomic mass is 10.2. The molecule has 0 aliphatic carbocycles. The number of rotatable bonds is 3. The molecule has 0 aromatic heterocycles. The quantitative estimate of drug-likeness (QED) is 0.890. The molecule has 1 saturated heterocycles. The van der Waals surface area contributed by atoms with E-state index in [0.717, 1.165) is 10.0 Å². The molecule has 18 heavy (non-hydrogen) atoms. The van der Waals surface area contributed by atoms with E-state index in [0.29, 0.717) is 24.4 Å². The van der Waals surface area contributed by atoms with Gasteiger partial charge < -0.3 is 10.6 Å². The van der Waals surface area contributed by atoms with Crippen LogP contribution in [0.25, 0.3) is 0 Å². The first-order valence-electron chi connectivity index (χ1n) is 5.57. The average molecular weight is 332 g/mol. The van der Waals surface area contributed by atoms with Gasteiger partial charge in [0, 0.05) is 22.5 Å². The van der Waals surface area contributed by atoms with Crippen LogP contribution in [-0.4, -0.2) is 17.9 Å². The Kier molecular flexibility index (Phi) is 4.24. The highest BCUT2D eigenvalue weighted by molar-refractivity contribution is 9.10. The average Bonchev–Trinajstić information content (AvgIpc) is 2.74. The first-order valence-corrected chi connectivity index (χ1v) is 6.74. The van der Waals surface area contributed by atoms with Gasteiger partial charge in [0.15, 0.2) is 0 Å². The van der Waals surface area contributed by atoms with Crippen molar-refractivity contribution in [2.75, 3.05) is 0 Å². The number of halogens is 2. The predicted octanol–water partition coefficient (Wildman–Crippen LogP) is 2.00. The van der Waals surface area contributed by atoms with Crippen LogP contribution in [0.4, 0.5) is 0 Å². The van der Waals surface area contributed by atoms with Gasteiger partial charge in [0.1, 0.15) is 6.04 Å². The van der Waals surface area contributed by atoms with Gasteiger partial charge in [0.05, 0.1) is 0 Å². The highest BCUT2D eigenvalue weighted by Gasteiger charge is 2.26. The molecular formula is C12H12BrClN2O2. The van der Waals surface area contributed by atoms with Crippen molar-refractivity contribution in [2.45, 2.75) is 25.4 Å². The Morgan fingerprint density at radius 2 is 2.33 bits per heavy atom. The van der Waals surface area contributed by atoms with Crippen molar-refractivity contribution in [1.82, 2.24) is 10.6 Å². The van der Waals surface area contributed by atoms with Crippen LogP contribution in [0.15, 0.2) is 22.7 Å². The summed E-state index contributed by atoms with van der Waals surface area (Å²) < 4.78 is 0.894. The van der Waals surface area contributed by atoms with Gasteiger partial charge in [-0.2, -0.15) is 0 Å². The maximum absolute atomic E-state index is 11.8. The van der Waals surface area contributed by atoms with Crippen LogP contribution in [0, 0.1) is 0 Å². The minimum atomic E-state index is -0.410. The highest BCUT2D eigenvalue weighted by Crippen LogP contribution is 2.21. The van der Waals surface area contributed by atoms with Gasteiger partial charge in [-0.25, -0.2) is 0 Å².